The van der Waals surface area contributed by atoms with Crippen molar-refractivity contribution in [1.82, 2.24) is 0 Å². The number of anilines is 2. The van der Waals surface area contributed by atoms with Crippen LogP contribution in [0.4, 0.5) is 11.4 Å². The van der Waals surface area contributed by atoms with Crippen LogP contribution >= 0.6 is 34.5 Å². The Morgan fingerprint density at radius 1 is 1.27 bits per heavy atom. The van der Waals surface area contributed by atoms with Gasteiger partial charge < -0.3 is 10.4 Å². The lowest BCUT2D eigenvalue weighted by atomic mass is 9.90. The molecular formula is C16H17Cl2NO2S. The van der Waals surface area contributed by atoms with E-state index in [1.54, 1.807) is 29.5 Å². The molecule has 0 fully saturated rings. The van der Waals surface area contributed by atoms with Gasteiger partial charge in [0.05, 0.1) is 27.8 Å². The average Bonchev–Trinajstić information content (AvgIpc) is 2.76. The Labute approximate surface area is 143 Å². The number of carbonyl (C=O) groups is 1. The van der Waals surface area contributed by atoms with Crippen molar-refractivity contribution in [3.8, 4) is 0 Å². The first kappa shape index (κ1) is 17.1. The van der Waals surface area contributed by atoms with Crippen molar-refractivity contribution in [3.63, 3.8) is 0 Å². The third kappa shape index (κ3) is 3.75. The Morgan fingerprint density at radius 2 is 1.86 bits per heavy atom. The summed E-state index contributed by atoms with van der Waals surface area (Å²) in [5.41, 5.74) is 1.99. The first-order valence-electron chi connectivity index (χ1n) is 6.74. The maximum absolute atomic E-state index is 11.2. The number of hydrogen-bond acceptors (Lipinski definition) is 3. The molecule has 0 spiro atoms. The molecule has 0 unspecified atom stereocenters. The molecule has 0 atom stereocenters. The molecule has 0 aliphatic carbocycles. The Morgan fingerprint density at radius 3 is 2.36 bits per heavy atom. The molecule has 2 N–H and O–H groups in total. The van der Waals surface area contributed by atoms with Crippen LogP contribution in [0.25, 0.3) is 0 Å². The van der Waals surface area contributed by atoms with Crippen LogP contribution in [0.15, 0.2) is 23.6 Å². The van der Waals surface area contributed by atoms with Crippen molar-refractivity contribution >= 4 is 51.9 Å². The van der Waals surface area contributed by atoms with Crippen molar-refractivity contribution in [1.29, 1.82) is 0 Å². The molecule has 1 heterocycles. The molecule has 3 nitrogen and oxygen atoms in total. The predicted octanol–water partition coefficient (Wildman–Crippen LogP) is 5.72. The van der Waals surface area contributed by atoms with Gasteiger partial charge in [0.15, 0.2) is 0 Å². The van der Waals surface area contributed by atoms with Gasteiger partial charge in [-0.1, -0.05) is 50.0 Å². The zero-order chi connectivity index (χ0) is 16.5. The molecule has 0 aliphatic rings. The number of aliphatic carboxylic acids is 1. The second kappa shape index (κ2) is 6.49. The Hall–Kier alpha value is -1.23. The third-order valence-corrected chi connectivity index (χ3v) is 5.20. The quantitative estimate of drug-likeness (QED) is 0.735. The Kier molecular flexibility index (Phi) is 5.05. The molecule has 1 aromatic heterocycles. The highest BCUT2D eigenvalue weighted by molar-refractivity contribution is 7.10. The summed E-state index contributed by atoms with van der Waals surface area (Å²) in [5.74, 6) is -0.864. The minimum absolute atomic E-state index is 0.0412. The first-order valence-corrected chi connectivity index (χ1v) is 8.37. The largest absolute Gasteiger partial charge is 0.481 e. The van der Waals surface area contributed by atoms with Gasteiger partial charge in [0.25, 0.3) is 0 Å². The molecule has 118 valence electrons. The molecule has 2 aromatic rings. The number of rotatable bonds is 4. The summed E-state index contributed by atoms with van der Waals surface area (Å²) < 4.78 is 0. The van der Waals surface area contributed by atoms with Gasteiger partial charge in [-0.3, -0.25) is 4.79 Å². The summed E-state index contributed by atoms with van der Waals surface area (Å²) in [4.78, 5) is 12.3. The van der Waals surface area contributed by atoms with Crippen molar-refractivity contribution in [2.45, 2.75) is 32.6 Å². The molecule has 0 aliphatic heterocycles. The summed E-state index contributed by atoms with van der Waals surface area (Å²) >= 11 is 13.9. The van der Waals surface area contributed by atoms with E-state index in [4.69, 9.17) is 23.2 Å². The monoisotopic (exact) mass is 357 g/mol. The van der Waals surface area contributed by atoms with Crippen molar-refractivity contribution < 1.29 is 9.90 Å². The van der Waals surface area contributed by atoms with Crippen LogP contribution < -0.4 is 5.32 Å². The minimum atomic E-state index is -0.864. The van der Waals surface area contributed by atoms with E-state index in [1.807, 2.05) is 5.38 Å². The smallest absolute Gasteiger partial charge is 0.307 e. The van der Waals surface area contributed by atoms with Crippen molar-refractivity contribution in [3.05, 3.63) is 44.1 Å². The highest BCUT2D eigenvalue weighted by Gasteiger charge is 2.24. The van der Waals surface area contributed by atoms with Crippen LogP contribution in [-0.2, 0) is 16.6 Å². The number of carboxylic acid groups (broad SMARTS) is 1. The van der Waals surface area contributed by atoms with E-state index >= 15 is 0 Å². The van der Waals surface area contributed by atoms with Crippen LogP contribution in [0.5, 0.6) is 0 Å². The summed E-state index contributed by atoms with van der Waals surface area (Å²) in [5, 5.41) is 15.3. The van der Waals surface area contributed by atoms with E-state index in [2.05, 4.69) is 26.1 Å². The number of halogens is 2. The number of hydrogen-bond donors (Lipinski definition) is 2. The lowest BCUT2D eigenvalue weighted by Crippen LogP contribution is -2.14. The van der Waals surface area contributed by atoms with Gasteiger partial charge in [-0.2, -0.15) is 0 Å². The standard InChI is InChI=1S/C16H17Cl2NO2S/c1-16(2,3)15-9(7-13(20)21)12(8-22-15)19-14-10(17)5-4-6-11(14)18/h4-6,8,19H,7H2,1-3H3,(H,20,21). The van der Waals surface area contributed by atoms with E-state index < -0.39 is 5.97 Å². The van der Waals surface area contributed by atoms with E-state index in [0.29, 0.717) is 15.7 Å². The van der Waals surface area contributed by atoms with Gasteiger partial charge >= 0.3 is 5.97 Å². The number of carboxylic acids is 1. The predicted molar refractivity (Wildman–Crippen MR) is 94.1 cm³/mol. The second-order valence-corrected chi connectivity index (χ2v) is 7.69. The highest BCUT2D eigenvalue weighted by Crippen LogP contribution is 2.40. The van der Waals surface area contributed by atoms with E-state index in [0.717, 1.165) is 16.1 Å². The van der Waals surface area contributed by atoms with E-state index in [-0.39, 0.29) is 11.8 Å². The lowest BCUT2D eigenvalue weighted by molar-refractivity contribution is -0.136. The molecule has 0 radical (unpaired) electrons. The van der Waals surface area contributed by atoms with Crippen LogP contribution in [0.2, 0.25) is 10.0 Å². The molecule has 1 aromatic carbocycles. The van der Waals surface area contributed by atoms with E-state index in [9.17, 15) is 9.90 Å². The van der Waals surface area contributed by atoms with Gasteiger partial charge in [-0.25, -0.2) is 0 Å². The van der Waals surface area contributed by atoms with Gasteiger partial charge in [0.1, 0.15) is 0 Å². The number of thiophene rings is 1. The third-order valence-electron chi connectivity index (χ3n) is 3.13. The number of benzene rings is 1. The van der Waals surface area contributed by atoms with Crippen LogP contribution in [0.3, 0.4) is 0 Å². The van der Waals surface area contributed by atoms with E-state index in [1.165, 1.54) is 0 Å². The zero-order valence-corrected chi connectivity index (χ0v) is 14.9. The van der Waals surface area contributed by atoms with Gasteiger partial charge in [0, 0.05) is 15.8 Å². The topological polar surface area (TPSA) is 49.3 Å². The molecule has 0 saturated carbocycles. The molecule has 2 rings (SSSR count). The van der Waals surface area contributed by atoms with Gasteiger partial charge in [0.2, 0.25) is 0 Å². The van der Waals surface area contributed by atoms with Gasteiger partial charge in [-0.05, 0) is 17.5 Å². The molecule has 0 saturated heterocycles. The van der Waals surface area contributed by atoms with Crippen LogP contribution in [-0.4, -0.2) is 11.1 Å². The average molecular weight is 358 g/mol. The Balaban J connectivity index is 2.47. The molecule has 0 bridgehead atoms. The molecule has 0 amide bonds. The first-order chi connectivity index (χ1) is 10.2. The zero-order valence-electron chi connectivity index (χ0n) is 12.5. The van der Waals surface area contributed by atoms with Gasteiger partial charge in [-0.15, -0.1) is 11.3 Å². The Bertz CT molecular complexity index is 684. The molecule has 22 heavy (non-hydrogen) atoms. The molecular weight excluding hydrogens is 341 g/mol. The maximum atomic E-state index is 11.2. The summed E-state index contributed by atoms with van der Waals surface area (Å²) in [6.07, 6.45) is -0.0412. The SMILES string of the molecule is CC(C)(C)c1scc(Nc2c(Cl)cccc2Cl)c1CC(=O)O. The van der Waals surface area contributed by atoms with Crippen molar-refractivity contribution in [2.75, 3.05) is 5.32 Å². The van der Waals surface area contributed by atoms with Crippen LogP contribution in [0, 0.1) is 0 Å². The summed E-state index contributed by atoms with van der Waals surface area (Å²) in [6.45, 7) is 6.20. The highest BCUT2D eigenvalue weighted by atomic mass is 35.5. The lowest BCUT2D eigenvalue weighted by Gasteiger charge is -2.19. The molecule has 6 heteroatoms. The van der Waals surface area contributed by atoms with Crippen LogP contribution in [0.1, 0.15) is 31.2 Å². The minimum Gasteiger partial charge on any atom is -0.481 e. The number of nitrogens with one attached hydrogen (secondary N) is 1. The van der Waals surface area contributed by atoms with Crippen molar-refractivity contribution in [2.24, 2.45) is 0 Å². The fraction of sp³-hybridized carbons (Fsp3) is 0.312. The fourth-order valence-electron chi connectivity index (χ4n) is 2.20. The normalized spacial score (nSPS) is 11.5. The maximum Gasteiger partial charge on any atom is 0.307 e. The summed E-state index contributed by atoms with van der Waals surface area (Å²) in [7, 11) is 0. The number of para-hydroxylation sites is 1. The fourth-order valence-corrected chi connectivity index (χ4v) is 3.80. The second-order valence-electron chi connectivity index (χ2n) is 6.00. The summed E-state index contributed by atoms with van der Waals surface area (Å²) in [6, 6.07) is 5.25.